The molecular formula is C19H19N. The van der Waals surface area contributed by atoms with E-state index in [4.69, 9.17) is 0 Å². The van der Waals surface area contributed by atoms with Gasteiger partial charge in [0.15, 0.2) is 0 Å². The van der Waals surface area contributed by atoms with Crippen molar-refractivity contribution in [3.8, 4) is 5.69 Å². The summed E-state index contributed by atoms with van der Waals surface area (Å²) in [5.41, 5.74) is 5.10. The van der Waals surface area contributed by atoms with Gasteiger partial charge in [-0.25, -0.2) is 0 Å². The highest BCUT2D eigenvalue weighted by molar-refractivity contribution is 5.89. The van der Waals surface area contributed by atoms with E-state index in [2.05, 4.69) is 85.2 Å². The van der Waals surface area contributed by atoms with Gasteiger partial charge in [-0.2, -0.15) is 0 Å². The Hall–Kier alpha value is -2.28. The van der Waals surface area contributed by atoms with Crippen molar-refractivity contribution in [2.45, 2.75) is 20.3 Å². The maximum atomic E-state index is 2.34. The van der Waals surface area contributed by atoms with Gasteiger partial charge in [-0.1, -0.05) is 49.4 Å². The fourth-order valence-corrected chi connectivity index (χ4v) is 2.71. The van der Waals surface area contributed by atoms with Crippen molar-refractivity contribution in [1.29, 1.82) is 0 Å². The molecule has 1 heteroatoms. The van der Waals surface area contributed by atoms with Crippen LogP contribution in [0.25, 0.3) is 22.7 Å². The van der Waals surface area contributed by atoms with Gasteiger partial charge in [0, 0.05) is 16.8 Å². The van der Waals surface area contributed by atoms with Crippen molar-refractivity contribution in [3.63, 3.8) is 0 Å². The van der Waals surface area contributed by atoms with Crippen LogP contribution in [0.5, 0.6) is 0 Å². The normalized spacial score (nSPS) is 11.5. The molecule has 0 atom stereocenters. The second-order valence-electron chi connectivity index (χ2n) is 5.01. The number of allylic oxidation sites excluding steroid dienone is 1. The molecule has 20 heavy (non-hydrogen) atoms. The molecule has 0 aliphatic heterocycles. The molecule has 0 spiro atoms. The van der Waals surface area contributed by atoms with Crippen molar-refractivity contribution in [2.75, 3.05) is 0 Å². The zero-order chi connectivity index (χ0) is 13.9. The highest BCUT2D eigenvalue weighted by atomic mass is 15.0. The molecule has 0 aliphatic rings. The topological polar surface area (TPSA) is 4.93 Å². The number of nitrogens with zero attached hydrogens (tertiary/aromatic N) is 1. The Bertz CT molecular complexity index is 748. The molecule has 3 aromatic rings. The Morgan fingerprint density at radius 1 is 0.950 bits per heavy atom. The largest absolute Gasteiger partial charge is 0.310 e. The van der Waals surface area contributed by atoms with Gasteiger partial charge >= 0.3 is 0 Å². The van der Waals surface area contributed by atoms with Gasteiger partial charge < -0.3 is 4.57 Å². The van der Waals surface area contributed by atoms with Gasteiger partial charge in [-0.05, 0) is 43.2 Å². The predicted molar refractivity (Wildman–Crippen MR) is 87.3 cm³/mol. The molecule has 0 N–H and O–H groups in total. The van der Waals surface area contributed by atoms with E-state index >= 15 is 0 Å². The first-order valence-corrected chi connectivity index (χ1v) is 7.15. The van der Waals surface area contributed by atoms with Crippen molar-refractivity contribution in [3.05, 3.63) is 71.9 Å². The molecular weight excluding hydrogens is 242 g/mol. The third kappa shape index (κ3) is 2.05. The summed E-state index contributed by atoms with van der Waals surface area (Å²) in [5.74, 6) is 0. The van der Waals surface area contributed by atoms with Gasteiger partial charge in [0.2, 0.25) is 0 Å². The minimum absolute atomic E-state index is 1.05. The van der Waals surface area contributed by atoms with Crippen LogP contribution in [-0.4, -0.2) is 4.57 Å². The van der Waals surface area contributed by atoms with Crippen molar-refractivity contribution in [2.24, 2.45) is 0 Å². The van der Waals surface area contributed by atoms with Crippen LogP contribution in [0.15, 0.2) is 60.7 Å². The van der Waals surface area contributed by atoms with Crippen LogP contribution in [0.1, 0.15) is 24.6 Å². The Labute approximate surface area is 120 Å². The van der Waals surface area contributed by atoms with Crippen LogP contribution in [-0.2, 0) is 0 Å². The highest BCUT2D eigenvalue weighted by Gasteiger charge is 2.12. The third-order valence-electron chi connectivity index (χ3n) is 3.70. The van der Waals surface area contributed by atoms with E-state index in [1.165, 1.54) is 27.8 Å². The Morgan fingerprint density at radius 2 is 1.65 bits per heavy atom. The molecule has 0 bridgehead atoms. The summed E-state index contributed by atoms with van der Waals surface area (Å²) < 4.78 is 2.34. The lowest BCUT2D eigenvalue weighted by Crippen LogP contribution is -1.96. The van der Waals surface area contributed by atoms with Crippen molar-refractivity contribution < 1.29 is 0 Å². The summed E-state index contributed by atoms with van der Waals surface area (Å²) in [6, 6.07) is 19.2. The number of aromatic nitrogens is 1. The second kappa shape index (κ2) is 5.38. The molecule has 0 aliphatic carbocycles. The lowest BCUT2D eigenvalue weighted by molar-refractivity contribution is 1.09. The molecule has 100 valence electrons. The Balaban J connectivity index is 2.35. The van der Waals surface area contributed by atoms with Gasteiger partial charge in [0.05, 0.1) is 5.52 Å². The smallest absolute Gasteiger partial charge is 0.0537 e. The van der Waals surface area contributed by atoms with Gasteiger partial charge in [0.25, 0.3) is 0 Å². The third-order valence-corrected chi connectivity index (χ3v) is 3.70. The maximum Gasteiger partial charge on any atom is 0.0537 e. The molecule has 2 aromatic carbocycles. The SMILES string of the molecule is CC/C=C\c1c(C)c2ccccc2n1-c1ccccc1. The van der Waals surface area contributed by atoms with Crippen LogP contribution < -0.4 is 0 Å². The van der Waals surface area contributed by atoms with Crippen LogP contribution in [0.2, 0.25) is 0 Å². The van der Waals surface area contributed by atoms with Crippen LogP contribution in [0.3, 0.4) is 0 Å². The van der Waals surface area contributed by atoms with Gasteiger partial charge in [-0.15, -0.1) is 0 Å². The zero-order valence-corrected chi connectivity index (χ0v) is 12.0. The highest BCUT2D eigenvalue weighted by Crippen LogP contribution is 2.29. The second-order valence-corrected chi connectivity index (χ2v) is 5.01. The number of aryl methyl sites for hydroxylation is 1. The molecule has 0 radical (unpaired) electrons. The summed E-state index contributed by atoms with van der Waals surface area (Å²) in [7, 11) is 0. The lowest BCUT2D eigenvalue weighted by atomic mass is 10.1. The average molecular weight is 261 g/mol. The van der Waals surface area contributed by atoms with E-state index in [0.29, 0.717) is 0 Å². The van der Waals surface area contributed by atoms with Crippen molar-refractivity contribution >= 4 is 17.0 Å². The molecule has 0 saturated carbocycles. The maximum absolute atomic E-state index is 2.34. The van der Waals surface area contributed by atoms with Crippen LogP contribution >= 0.6 is 0 Å². The van der Waals surface area contributed by atoms with E-state index in [0.717, 1.165) is 6.42 Å². The molecule has 3 rings (SSSR count). The van der Waals surface area contributed by atoms with Crippen molar-refractivity contribution in [1.82, 2.24) is 4.57 Å². The van der Waals surface area contributed by atoms with Gasteiger partial charge in [0.1, 0.15) is 0 Å². The fraction of sp³-hybridized carbons (Fsp3) is 0.158. The molecule has 1 heterocycles. The molecule has 0 fully saturated rings. The van der Waals surface area contributed by atoms with E-state index < -0.39 is 0 Å². The van der Waals surface area contributed by atoms with Crippen LogP contribution in [0.4, 0.5) is 0 Å². The van der Waals surface area contributed by atoms with E-state index in [1.54, 1.807) is 0 Å². The summed E-state index contributed by atoms with van der Waals surface area (Å²) in [5, 5.41) is 1.33. The Morgan fingerprint density at radius 3 is 2.40 bits per heavy atom. The van der Waals surface area contributed by atoms with Crippen LogP contribution in [0, 0.1) is 6.92 Å². The van der Waals surface area contributed by atoms with E-state index in [-0.39, 0.29) is 0 Å². The van der Waals surface area contributed by atoms with E-state index in [1.807, 2.05) is 0 Å². The molecule has 1 aromatic heterocycles. The van der Waals surface area contributed by atoms with E-state index in [9.17, 15) is 0 Å². The monoisotopic (exact) mass is 261 g/mol. The molecule has 0 saturated heterocycles. The number of hydrogen-bond acceptors (Lipinski definition) is 0. The quantitative estimate of drug-likeness (QED) is 0.598. The summed E-state index contributed by atoms with van der Waals surface area (Å²) >= 11 is 0. The van der Waals surface area contributed by atoms with Gasteiger partial charge in [-0.3, -0.25) is 0 Å². The lowest BCUT2D eigenvalue weighted by Gasteiger charge is -2.08. The number of rotatable bonds is 3. The zero-order valence-electron chi connectivity index (χ0n) is 12.0. The summed E-state index contributed by atoms with van der Waals surface area (Å²) in [6.07, 6.45) is 5.51. The standard InChI is InChI=1S/C19H19N/c1-3-4-13-18-15(2)17-12-8-9-14-19(17)20(18)16-10-6-5-7-11-16/h4-14H,3H2,1-2H3/b13-4-. The first kappa shape index (κ1) is 12.7. The summed E-state index contributed by atoms with van der Waals surface area (Å²) in [6.45, 7) is 4.37. The molecule has 0 amide bonds. The molecule has 1 nitrogen and oxygen atoms in total. The number of para-hydroxylation sites is 2. The fourth-order valence-electron chi connectivity index (χ4n) is 2.71. The summed E-state index contributed by atoms with van der Waals surface area (Å²) in [4.78, 5) is 0. The first-order valence-electron chi connectivity index (χ1n) is 7.15. The number of hydrogen-bond donors (Lipinski definition) is 0. The first-order chi connectivity index (χ1) is 9.83. The predicted octanol–water partition coefficient (Wildman–Crippen LogP) is 5.36. The molecule has 0 unspecified atom stereocenters. The average Bonchev–Trinajstić information content (AvgIpc) is 2.79. The Kier molecular flexibility index (Phi) is 3.42. The minimum atomic E-state index is 1.05. The number of fused-ring (bicyclic) bond motifs is 1. The minimum Gasteiger partial charge on any atom is -0.310 e. The number of benzene rings is 2.